The summed E-state index contributed by atoms with van der Waals surface area (Å²) in [5.41, 5.74) is -0.633. The Kier molecular flexibility index (Phi) is 17.8. The Balaban J connectivity index is 4.08. The van der Waals surface area contributed by atoms with Crippen molar-refractivity contribution in [1.29, 1.82) is 0 Å². The standard InChI is InChI=1S/C27H52N2O5/c1-7-8-9-10-11-12-13-14-15-16-17-18-19-22(30)25(32)29-24(21(2)3)26(33)28-20-23(31)34-27(4,5)6/h21-22,24,30H,7-20H2,1-6H3,(H,28,33)(H,29,32)/t22?,24-/m0/s1. The Bertz CT molecular complexity index is 572. The summed E-state index contributed by atoms with van der Waals surface area (Å²) in [5, 5.41) is 15.4. The first-order valence-corrected chi connectivity index (χ1v) is 13.5. The predicted octanol–water partition coefficient (Wildman–Crippen LogP) is 5.04. The molecule has 7 heteroatoms. The molecule has 0 saturated heterocycles. The van der Waals surface area contributed by atoms with Gasteiger partial charge in [-0.05, 0) is 33.1 Å². The third-order valence-electron chi connectivity index (χ3n) is 5.71. The van der Waals surface area contributed by atoms with Crippen LogP contribution in [0, 0.1) is 5.92 Å². The maximum atomic E-state index is 12.5. The molecule has 200 valence electrons. The van der Waals surface area contributed by atoms with Crippen LogP contribution in [0.15, 0.2) is 0 Å². The first kappa shape index (κ1) is 32.4. The second kappa shape index (κ2) is 18.7. The number of carbonyl (C=O) groups excluding carboxylic acids is 3. The molecule has 0 rings (SSSR count). The number of amides is 2. The summed E-state index contributed by atoms with van der Waals surface area (Å²) in [5.74, 6) is -1.75. The van der Waals surface area contributed by atoms with E-state index in [0.29, 0.717) is 6.42 Å². The summed E-state index contributed by atoms with van der Waals surface area (Å²) in [7, 11) is 0. The minimum atomic E-state index is -1.14. The molecule has 7 nitrogen and oxygen atoms in total. The number of carbonyl (C=O) groups is 3. The number of esters is 1. The van der Waals surface area contributed by atoms with Gasteiger partial charge in [0.05, 0.1) is 0 Å². The molecule has 0 heterocycles. The largest absolute Gasteiger partial charge is 0.459 e. The van der Waals surface area contributed by atoms with E-state index in [1.807, 2.05) is 0 Å². The first-order valence-electron chi connectivity index (χ1n) is 13.5. The molecule has 0 aromatic carbocycles. The van der Waals surface area contributed by atoms with Gasteiger partial charge in [-0.1, -0.05) is 97.8 Å². The van der Waals surface area contributed by atoms with E-state index in [2.05, 4.69) is 17.6 Å². The van der Waals surface area contributed by atoms with Crippen LogP contribution < -0.4 is 10.6 Å². The van der Waals surface area contributed by atoms with Crippen LogP contribution in [-0.2, 0) is 19.1 Å². The van der Waals surface area contributed by atoms with Crippen molar-refractivity contribution in [1.82, 2.24) is 10.6 Å². The number of aliphatic hydroxyl groups is 1. The zero-order valence-electron chi connectivity index (χ0n) is 22.7. The third-order valence-corrected chi connectivity index (χ3v) is 5.71. The summed E-state index contributed by atoms with van der Waals surface area (Å²) in [6, 6.07) is -0.827. The molecule has 1 unspecified atom stereocenters. The summed E-state index contributed by atoms with van der Waals surface area (Å²) in [6.45, 7) is 10.8. The minimum Gasteiger partial charge on any atom is -0.459 e. The van der Waals surface area contributed by atoms with Crippen molar-refractivity contribution in [3.8, 4) is 0 Å². The Morgan fingerprint density at radius 2 is 1.26 bits per heavy atom. The molecule has 0 aliphatic heterocycles. The molecular formula is C27H52N2O5. The van der Waals surface area contributed by atoms with Crippen molar-refractivity contribution in [2.24, 2.45) is 5.92 Å². The van der Waals surface area contributed by atoms with Gasteiger partial charge in [0.15, 0.2) is 0 Å². The van der Waals surface area contributed by atoms with E-state index in [0.717, 1.165) is 19.3 Å². The van der Waals surface area contributed by atoms with Crippen LogP contribution in [0.2, 0.25) is 0 Å². The fourth-order valence-electron chi connectivity index (χ4n) is 3.74. The van der Waals surface area contributed by atoms with E-state index in [-0.39, 0.29) is 12.5 Å². The van der Waals surface area contributed by atoms with Crippen LogP contribution in [0.5, 0.6) is 0 Å². The highest BCUT2D eigenvalue weighted by molar-refractivity contribution is 5.91. The Labute approximate surface area is 208 Å². The zero-order valence-corrected chi connectivity index (χ0v) is 22.7. The molecule has 0 aromatic heterocycles. The van der Waals surface area contributed by atoms with Crippen molar-refractivity contribution in [2.75, 3.05) is 6.54 Å². The molecular weight excluding hydrogens is 432 g/mol. The van der Waals surface area contributed by atoms with Gasteiger partial charge in [0.2, 0.25) is 11.8 Å². The highest BCUT2D eigenvalue weighted by atomic mass is 16.6. The number of rotatable bonds is 19. The zero-order chi connectivity index (χ0) is 26.0. The van der Waals surface area contributed by atoms with Crippen molar-refractivity contribution in [2.45, 2.75) is 143 Å². The van der Waals surface area contributed by atoms with Gasteiger partial charge in [0.1, 0.15) is 24.3 Å². The van der Waals surface area contributed by atoms with Gasteiger partial charge in [-0.2, -0.15) is 0 Å². The summed E-state index contributed by atoms with van der Waals surface area (Å²) in [4.78, 5) is 36.7. The van der Waals surface area contributed by atoms with Gasteiger partial charge < -0.3 is 20.5 Å². The monoisotopic (exact) mass is 484 g/mol. The molecule has 0 bridgehead atoms. The van der Waals surface area contributed by atoms with Crippen molar-refractivity contribution in [3.63, 3.8) is 0 Å². The smallest absolute Gasteiger partial charge is 0.325 e. The molecule has 0 radical (unpaired) electrons. The Hall–Kier alpha value is -1.63. The topological polar surface area (TPSA) is 105 Å². The summed E-state index contributed by atoms with van der Waals surface area (Å²) < 4.78 is 5.18. The first-order chi connectivity index (χ1) is 16.0. The van der Waals surface area contributed by atoms with Gasteiger partial charge in [0.25, 0.3) is 0 Å². The van der Waals surface area contributed by atoms with E-state index in [9.17, 15) is 19.5 Å². The number of unbranched alkanes of at least 4 members (excludes halogenated alkanes) is 11. The maximum Gasteiger partial charge on any atom is 0.325 e. The highest BCUT2D eigenvalue weighted by Crippen LogP contribution is 2.13. The van der Waals surface area contributed by atoms with E-state index < -0.39 is 35.5 Å². The summed E-state index contributed by atoms with van der Waals surface area (Å²) >= 11 is 0. The van der Waals surface area contributed by atoms with Crippen LogP contribution >= 0.6 is 0 Å². The fourth-order valence-corrected chi connectivity index (χ4v) is 3.74. The van der Waals surface area contributed by atoms with Crippen LogP contribution in [-0.4, -0.2) is 47.2 Å². The predicted molar refractivity (Wildman–Crippen MR) is 137 cm³/mol. The average Bonchev–Trinajstić information content (AvgIpc) is 2.74. The molecule has 0 aliphatic carbocycles. The van der Waals surface area contributed by atoms with Crippen molar-refractivity contribution < 1.29 is 24.2 Å². The van der Waals surface area contributed by atoms with Gasteiger partial charge in [-0.3, -0.25) is 14.4 Å². The van der Waals surface area contributed by atoms with Crippen molar-refractivity contribution in [3.05, 3.63) is 0 Å². The Morgan fingerprint density at radius 1 is 0.794 bits per heavy atom. The Morgan fingerprint density at radius 3 is 1.71 bits per heavy atom. The average molecular weight is 485 g/mol. The summed E-state index contributed by atoms with van der Waals surface area (Å²) in [6.07, 6.45) is 13.9. The van der Waals surface area contributed by atoms with Crippen molar-refractivity contribution >= 4 is 17.8 Å². The van der Waals surface area contributed by atoms with E-state index in [1.165, 1.54) is 57.8 Å². The van der Waals surface area contributed by atoms with Gasteiger partial charge in [-0.25, -0.2) is 0 Å². The highest BCUT2D eigenvalue weighted by Gasteiger charge is 2.27. The molecule has 34 heavy (non-hydrogen) atoms. The fraction of sp³-hybridized carbons (Fsp3) is 0.889. The molecule has 3 N–H and O–H groups in total. The van der Waals surface area contributed by atoms with Crippen LogP contribution in [0.3, 0.4) is 0 Å². The van der Waals surface area contributed by atoms with E-state index >= 15 is 0 Å². The minimum absolute atomic E-state index is 0.193. The normalized spacial score (nSPS) is 13.4. The third kappa shape index (κ3) is 17.8. The molecule has 0 fully saturated rings. The van der Waals surface area contributed by atoms with Crippen LogP contribution in [0.25, 0.3) is 0 Å². The van der Waals surface area contributed by atoms with Gasteiger partial charge >= 0.3 is 5.97 Å². The number of aliphatic hydroxyl groups excluding tert-OH is 1. The lowest BCUT2D eigenvalue weighted by Crippen LogP contribution is -2.53. The lowest BCUT2D eigenvalue weighted by Gasteiger charge is -2.24. The lowest BCUT2D eigenvalue weighted by molar-refractivity contribution is -0.154. The SMILES string of the molecule is CCCCCCCCCCCCCCC(O)C(=O)N[C@H](C(=O)NCC(=O)OC(C)(C)C)C(C)C. The number of hydrogen-bond donors (Lipinski definition) is 3. The lowest BCUT2D eigenvalue weighted by atomic mass is 10.0. The molecule has 0 aliphatic rings. The van der Waals surface area contributed by atoms with Crippen LogP contribution in [0.4, 0.5) is 0 Å². The maximum absolute atomic E-state index is 12.5. The molecule has 0 aromatic rings. The second-order valence-electron chi connectivity index (χ2n) is 10.7. The molecule has 0 saturated carbocycles. The molecule has 0 spiro atoms. The second-order valence-corrected chi connectivity index (χ2v) is 10.7. The molecule has 2 amide bonds. The number of nitrogens with one attached hydrogen (secondary N) is 2. The quantitative estimate of drug-likeness (QED) is 0.176. The number of ether oxygens (including phenoxy) is 1. The van der Waals surface area contributed by atoms with Crippen LogP contribution in [0.1, 0.15) is 125 Å². The number of hydrogen-bond acceptors (Lipinski definition) is 5. The molecule has 2 atom stereocenters. The van der Waals surface area contributed by atoms with E-state index in [1.54, 1.807) is 34.6 Å². The van der Waals surface area contributed by atoms with E-state index in [4.69, 9.17) is 4.74 Å². The van der Waals surface area contributed by atoms with Gasteiger partial charge in [-0.15, -0.1) is 0 Å². The van der Waals surface area contributed by atoms with Gasteiger partial charge in [0, 0.05) is 0 Å².